The number of piperidine rings is 1. The third kappa shape index (κ3) is 3.60. The van der Waals surface area contributed by atoms with Crippen molar-refractivity contribution in [2.75, 3.05) is 26.2 Å². The summed E-state index contributed by atoms with van der Waals surface area (Å²) in [5.41, 5.74) is 5.35. The quantitative estimate of drug-likeness (QED) is 0.656. The van der Waals surface area contributed by atoms with Crippen LogP contribution < -0.4 is 11.1 Å². The molecule has 0 bridgehead atoms. The minimum Gasteiger partial charge on any atom is -0.355 e. The number of nitrogens with one attached hydrogen (secondary N) is 2. The van der Waals surface area contributed by atoms with Gasteiger partial charge in [-0.1, -0.05) is 0 Å². The summed E-state index contributed by atoms with van der Waals surface area (Å²) in [5.74, 6) is 0.0769. The van der Waals surface area contributed by atoms with Gasteiger partial charge in [0.15, 0.2) is 5.03 Å². The molecule has 1 atom stereocenters. The second kappa shape index (κ2) is 6.54. The number of imidazole rings is 1. The average molecular weight is 315 g/mol. The van der Waals surface area contributed by atoms with Gasteiger partial charge in [-0.15, -0.1) is 0 Å². The molecular weight excluding hydrogens is 294 g/mol. The molecule has 1 aromatic heterocycles. The van der Waals surface area contributed by atoms with Crippen molar-refractivity contribution in [3.8, 4) is 0 Å². The molecule has 0 saturated carbocycles. The van der Waals surface area contributed by atoms with Gasteiger partial charge in [0.05, 0.1) is 12.1 Å². The normalized spacial score (nSPS) is 20.4. The molecule has 9 heteroatoms. The molecule has 1 fully saturated rings. The highest BCUT2D eigenvalue weighted by Gasteiger charge is 2.34. The summed E-state index contributed by atoms with van der Waals surface area (Å²) in [5, 5.41) is 2.78. The molecule has 1 aromatic rings. The Balaban J connectivity index is 2.08. The zero-order valence-electron chi connectivity index (χ0n) is 12.0. The molecule has 1 aliphatic rings. The van der Waals surface area contributed by atoms with Crippen molar-refractivity contribution >= 4 is 15.9 Å². The van der Waals surface area contributed by atoms with Crippen LogP contribution in [0.5, 0.6) is 0 Å². The van der Waals surface area contributed by atoms with Gasteiger partial charge in [0.2, 0.25) is 5.91 Å². The highest BCUT2D eigenvalue weighted by molar-refractivity contribution is 7.89. The second-order valence-electron chi connectivity index (χ2n) is 5.11. The van der Waals surface area contributed by atoms with E-state index in [1.165, 1.54) is 10.5 Å². The van der Waals surface area contributed by atoms with Crippen LogP contribution in [0, 0.1) is 12.8 Å². The number of sulfonamides is 1. The topological polar surface area (TPSA) is 121 Å². The van der Waals surface area contributed by atoms with Gasteiger partial charge in [-0.25, -0.2) is 13.4 Å². The van der Waals surface area contributed by atoms with Gasteiger partial charge in [-0.2, -0.15) is 4.31 Å². The number of rotatable bonds is 5. The number of nitrogens with zero attached hydrogens (tertiary/aromatic N) is 2. The molecule has 0 spiro atoms. The first-order valence-electron chi connectivity index (χ1n) is 6.94. The summed E-state index contributed by atoms with van der Waals surface area (Å²) in [7, 11) is -3.62. The van der Waals surface area contributed by atoms with Crippen LogP contribution in [-0.2, 0) is 14.8 Å². The molecule has 0 radical (unpaired) electrons. The number of aryl methyl sites for hydroxylation is 1. The summed E-state index contributed by atoms with van der Waals surface area (Å²) in [4.78, 5) is 18.6. The van der Waals surface area contributed by atoms with Gasteiger partial charge >= 0.3 is 0 Å². The number of H-pyrrole nitrogens is 1. The molecule has 1 saturated heterocycles. The number of aromatic nitrogens is 2. The summed E-state index contributed by atoms with van der Waals surface area (Å²) in [6.07, 6.45) is 2.65. The fraction of sp³-hybridized carbons (Fsp3) is 0.667. The van der Waals surface area contributed by atoms with Crippen molar-refractivity contribution in [3.63, 3.8) is 0 Å². The standard InChI is InChI=1S/C12H21N5O3S/c1-9-15-7-11(16-9)21(19,20)17-6-2-3-10(8-17)12(18)14-5-4-13/h7,10H,2-6,8,13H2,1H3,(H,14,18)(H,15,16). The Morgan fingerprint density at radius 3 is 3.00 bits per heavy atom. The van der Waals surface area contributed by atoms with Crippen LogP contribution in [0.2, 0.25) is 0 Å². The molecule has 21 heavy (non-hydrogen) atoms. The summed E-state index contributed by atoms with van der Waals surface area (Å²) in [6.45, 7) is 3.08. The minimum atomic E-state index is -3.62. The van der Waals surface area contributed by atoms with E-state index in [-0.39, 0.29) is 23.4 Å². The van der Waals surface area contributed by atoms with Gasteiger partial charge in [0, 0.05) is 26.2 Å². The van der Waals surface area contributed by atoms with Crippen LogP contribution in [0.1, 0.15) is 18.7 Å². The molecule has 1 unspecified atom stereocenters. The van der Waals surface area contributed by atoms with E-state index in [0.29, 0.717) is 38.3 Å². The lowest BCUT2D eigenvalue weighted by molar-refractivity contribution is -0.126. The number of hydrogen-bond acceptors (Lipinski definition) is 5. The number of amides is 1. The van der Waals surface area contributed by atoms with Crippen LogP contribution in [0.25, 0.3) is 0 Å². The fourth-order valence-electron chi connectivity index (χ4n) is 2.38. The zero-order valence-corrected chi connectivity index (χ0v) is 12.8. The Bertz CT molecular complexity index is 598. The Labute approximate surface area is 124 Å². The van der Waals surface area contributed by atoms with Crippen molar-refractivity contribution < 1.29 is 13.2 Å². The van der Waals surface area contributed by atoms with E-state index >= 15 is 0 Å². The minimum absolute atomic E-state index is 0.0722. The first kappa shape index (κ1) is 15.9. The third-order valence-electron chi connectivity index (χ3n) is 3.50. The molecule has 8 nitrogen and oxygen atoms in total. The lowest BCUT2D eigenvalue weighted by Gasteiger charge is -2.30. The van der Waals surface area contributed by atoms with E-state index in [0.717, 1.165) is 0 Å². The van der Waals surface area contributed by atoms with Gasteiger partial charge in [-0.3, -0.25) is 4.79 Å². The molecule has 2 rings (SSSR count). The van der Waals surface area contributed by atoms with Gasteiger partial charge in [-0.05, 0) is 19.8 Å². The molecular formula is C12H21N5O3S. The number of carbonyl (C=O) groups is 1. The Morgan fingerprint density at radius 2 is 2.38 bits per heavy atom. The van der Waals surface area contributed by atoms with E-state index in [2.05, 4.69) is 15.3 Å². The van der Waals surface area contributed by atoms with Crippen molar-refractivity contribution in [2.24, 2.45) is 11.7 Å². The summed E-state index contributed by atoms with van der Waals surface area (Å²) >= 11 is 0. The van der Waals surface area contributed by atoms with Crippen molar-refractivity contribution in [3.05, 3.63) is 12.0 Å². The predicted molar refractivity (Wildman–Crippen MR) is 76.9 cm³/mol. The predicted octanol–water partition coefficient (Wildman–Crippen LogP) is -0.806. The maximum absolute atomic E-state index is 12.5. The third-order valence-corrected chi connectivity index (χ3v) is 5.27. The highest BCUT2D eigenvalue weighted by atomic mass is 32.2. The van der Waals surface area contributed by atoms with Crippen molar-refractivity contribution in [1.82, 2.24) is 19.6 Å². The van der Waals surface area contributed by atoms with E-state index in [1.54, 1.807) is 6.92 Å². The van der Waals surface area contributed by atoms with Gasteiger partial charge < -0.3 is 16.0 Å². The van der Waals surface area contributed by atoms with E-state index in [1.807, 2.05) is 0 Å². The number of hydrogen-bond donors (Lipinski definition) is 3. The number of aromatic amines is 1. The first-order valence-corrected chi connectivity index (χ1v) is 8.38. The SMILES string of the molecule is Cc1ncc(S(=O)(=O)N2CCCC(C(=O)NCCN)C2)[nH]1. The number of carbonyl (C=O) groups excluding carboxylic acids is 1. The largest absolute Gasteiger partial charge is 0.355 e. The summed E-state index contributed by atoms with van der Waals surface area (Å²) in [6, 6.07) is 0. The summed E-state index contributed by atoms with van der Waals surface area (Å²) < 4.78 is 26.3. The Morgan fingerprint density at radius 1 is 1.62 bits per heavy atom. The molecule has 1 aliphatic heterocycles. The molecule has 4 N–H and O–H groups in total. The Hall–Kier alpha value is -1.45. The highest BCUT2D eigenvalue weighted by Crippen LogP contribution is 2.23. The van der Waals surface area contributed by atoms with Crippen LogP contribution in [0.15, 0.2) is 11.2 Å². The maximum Gasteiger partial charge on any atom is 0.260 e. The molecule has 0 aromatic carbocycles. The van der Waals surface area contributed by atoms with Crippen molar-refractivity contribution in [2.45, 2.75) is 24.8 Å². The first-order chi connectivity index (χ1) is 9.95. The zero-order chi connectivity index (χ0) is 15.5. The van der Waals surface area contributed by atoms with E-state index < -0.39 is 10.0 Å². The van der Waals surface area contributed by atoms with E-state index in [4.69, 9.17) is 5.73 Å². The van der Waals surface area contributed by atoms with E-state index in [9.17, 15) is 13.2 Å². The molecule has 2 heterocycles. The molecule has 0 aliphatic carbocycles. The lowest BCUT2D eigenvalue weighted by atomic mass is 9.99. The second-order valence-corrected chi connectivity index (χ2v) is 7.02. The lowest BCUT2D eigenvalue weighted by Crippen LogP contribution is -2.46. The van der Waals surface area contributed by atoms with Gasteiger partial charge in [0.25, 0.3) is 10.0 Å². The van der Waals surface area contributed by atoms with Gasteiger partial charge in [0.1, 0.15) is 5.82 Å². The van der Waals surface area contributed by atoms with Crippen LogP contribution in [0.4, 0.5) is 0 Å². The average Bonchev–Trinajstić information content (AvgIpc) is 2.92. The fourth-order valence-corrected chi connectivity index (χ4v) is 3.87. The van der Waals surface area contributed by atoms with Crippen LogP contribution in [0.3, 0.4) is 0 Å². The smallest absolute Gasteiger partial charge is 0.260 e. The van der Waals surface area contributed by atoms with Crippen molar-refractivity contribution in [1.29, 1.82) is 0 Å². The maximum atomic E-state index is 12.5. The Kier molecular flexibility index (Phi) is 4.96. The van der Waals surface area contributed by atoms with Crippen LogP contribution >= 0.6 is 0 Å². The monoisotopic (exact) mass is 315 g/mol. The molecule has 1 amide bonds. The molecule has 118 valence electrons. The van der Waals surface area contributed by atoms with Crippen LogP contribution in [-0.4, -0.2) is 54.8 Å². The number of nitrogens with two attached hydrogens (primary N) is 1.